The molecule has 0 saturated heterocycles. The average Bonchev–Trinajstić information content (AvgIpc) is 2.83. The first-order chi connectivity index (χ1) is 9.02. The Labute approximate surface area is 127 Å². The number of rotatable bonds is 3. The molecule has 1 saturated carbocycles. The number of nitriles is 1. The van der Waals surface area contributed by atoms with Gasteiger partial charge >= 0.3 is 0 Å². The fourth-order valence-corrected chi connectivity index (χ4v) is 3.74. The second-order valence-corrected chi connectivity index (χ2v) is 6.68. The van der Waals surface area contributed by atoms with Gasteiger partial charge in [0.25, 0.3) is 0 Å². The van der Waals surface area contributed by atoms with Crippen LogP contribution in [-0.2, 0) is 0 Å². The summed E-state index contributed by atoms with van der Waals surface area (Å²) < 4.78 is 0.873. The zero-order valence-corrected chi connectivity index (χ0v) is 13.2. The molecule has 3 unspecified atom stereocenters. The Morgan fingerprint density at radius 1 is 1.63 bits per heavy atom. The lowest BCUT2D eigenvalue weighted by Crippen LogP contribution is -2.25. The Morgan fingerprint density at radius 3 is 2.89 bits per heavy atom. The quantitative estimate of drug-likeness (QED) is 0.852. The van der Waals surface area contributed by atoms with E-state index in [9.17, 15) is 10.4 Å². The summed E-state index contributed by atoms with van der Waals surface area (Å²) in [6.45, 7) is 2.14. The van der Waals surface area contributed by atoms with Crippen molar-refractivity contribution in [1.82, 2.24) is 0 Å². The predicted octanol–water partition coefficient (Wildman–Crippen LogP) is 4.86. The normalized spacial score (nSPS) is 28.1. The van der Waals surface area contributed by atoms with Crippen molar-refractivity contribution in [3.05, 3.63) is 33.3 Å². The summed E-state index contributed by atoms with van der Waals surface area (Å²) in [5.74, 6) is 0.531. The monoisotopic (exact) mass is 341 g/mol. The lowest BCUT2D eigenvalue weighted by atomic mass is 9.78. The maximum atomic E-state index is 10.6. The third-order valence-corrected chi connectivity index (χ3v) is 5.05. The minimum atomic E-state index is -0.811. The van der Waals surface area contributed by atoms with E-state index in [1.165, 1.54) is 0 Å². The SMILES string of the molecule is CCC1CCC(C#N)(C(O)c2ccc(Br)cc2Cl)C1. The van der Waals surface area contributed by atoms with Gasteiger partial charge in [-0.2, -0.15) is 5.26 Å². The highest BCUT2D eigenvalue weighted by molar-refractivity contribution is 9.10. The van der Waals surface area contributed by atoms with Gasteiger partial charge in [0.2, 0.25) is 0 Å². The van der Waals surface area contributed by atoms with Crippen molar-refractivity contribution in [2.75, 3.05) is 0 Å². The smallest absolute Gasteiger partial charge is 0.0990 e. The van der Waals surface area contributed by atoms with Gasteiger partial charge in [0, 0.05) is 15.1 Å². The van der Waals surface area contributed by atoms with Crippen LogP contribution in [0.3, 0.4) is 0 Å². The van der Waals surface area contributed by atoms with Crippen molar-refractivity contribution >= 4 is 27.5 Å². The Bertz CT molecular complexity index is 513. The van der Waals surface area contributed by atoms with Crippen LogP contribution in [-0.4, -0.2) is 5.11 Å². The van der Waals surface area contributed by atoms with Gasteiger partial charge < -0.3 is 5.11 Å². The van der Waals surface area contributed by atoms with E-state index in [2.05, 4.69) is 28.9 Å². The van der Waals surface area contributed by atoms with E-state index < -0.39 is 11.5 Å². The van der Waals surface area contributed by atoms with Gasteiger partial charge in [-0.05, 0) is 37.3 Å². The molecular formula is C15H17BrClNO. The number of aliphatic hydroxyl groups excluding tert-OH is 1. The second-order valence-electron chi connectivity index (χ2n) is 5.35. The molecule has 1 fully saturated rings. The van der Waals surface area contributed by atoms with Gasteiger partial charge in [-0.25, -0.2) is 0 Å². The molecule has 102 valence electrons. The van der Waals surface area contributed by atoms with Crippen molar-refractivity contribution in [2.45, 2.75) is 38.7 Å². The highest BCUT2D eigenvalue weighted by Gasteiger charge is 2.45. The minimum absolute atomic E-state index is 0.511. The molecule has 0 aromatic heterocycles. The summed E-state index contributed by atoms with van der Waals surface area (Å²) >= 11 is 9.54. The van der Waals surface area contributed by atoms with Gasteiger partial charge in [0.1, 0.15) is 0 Å². The van der Waals surface area contributed by atoms with Crippen molar-refractivity contribution < 1.29 is 5.11 Å². The zero-order chi connectivity index (χ0) is 14.0. The van der Waals surface area contributed by atoms with Crippen LogP contribution in [0.2, 0.25) is 5.02 Å². The molecule has 1 aromatic rings. The third-order valence-electron chi connectivity index (χ3n) is 4.23. The molecule has 0 spiro atoms. The average molecular weight is 343 g/mol. The maximum absolute atomic E-state index is 10.6. The first kappa shape index (κ1) is 14.8. The highest BCUT2D eigenvalue weighted by Crippen LogP contribution is 2.51. The summed E-state index contributed by atoms with van der Waals surface area (Å²) in [6.07, 6.45) is 2.76. The van der Waals surface area contributed by atoms with Crippen LogP contribution >= 0.6 is 27.5 Å². The van der Waals surface area contributed by atoms with Gasteiger partial charge in [0.05, 0.1) is 17.6 Å². The summed E-state index contributed by atoms with van der Waals surface area (Å²) in [7, 11) is 0. The van der Waals surface area contributed by atoms with Crippen LogP contribution in [0.1, 0.15) is 44.3 Å². The van der Waals surface area contributed by atoms with E-state index in [4.69, 9.17) is 11.6 Å². The molecule has 1 N–H and O–H groups in total. The van der Waals surface area contributed by atoms with E-state index >= 15 is 0 Å². The summed E-state index contributed by atoms with van der Waals surface area (Å²) in [5.41, 5.74) is -0.0267. The van der Waals surface area contributed by atoms with Crippen molar-refractivity contribution in [3.63, 3.8) is 0 Å². The zero-order valence-electron chi connectivity index (χ0n) is 10.9. The number of nitrogens with zero attached hydrogens (tertiary/aromatic N) is 1. The number of hydrogen-bond acceptors (Lipinski definition) is 2. The molecule has 3 atom stereocenters. The lowest BCUT2D eigenvalue weighted by Gasteiger charge is -2.28. The highest BCUT2D eigenvalue weighted by atomic mass is 79.9. The maximum Gasteiger partial charge on any atom is 0.0990 e. The molecular weight excluding hydrogens is 326 g/mol. The molecule has 19 heavy (non-hydrogen) atoms. The molecule has 0 amide bonds. The standard InChI is InChI=1S/C15H17BrClNO/c1-2-10-5-6-15(8-10,9-18)14(19)12-4-3-11(16)7-13(12)17/h3-4,7,10,14,19H,2,5-6,8H2,1H3. The second kappa shape index (κ2) is 5.83. The number of benzene rings is 1. The van der Waals surface area contributed by atoms with Crippen LogP contribution < -0.4 is 0 Å². The van der Waals surface area contributed by atoms with Crippen LogP contribution in [0.5, 0.6) is 0 Å². The van der Waals surface area contributed by atoms with E-state index in [0.717, 1.165) is 30.2 Å². The minimum Gasteiger partial charge on any atom is -0.387 e. The fourth-order valence-electron chi connectivity index (χ4n) is 2.96. The van der Waals surface area contributed by atoms with Crippen molar-refractivity contribution in [2.24, 2.45) is 11.3 Å². The third kappa shape index (κ3) is 2.81. The number of aliphatic hydroxyl groups is 1. The van der Waals surface area contributed by atoms with Crippen LogP contribution in [0.15, 0.2) is 22.7 Å². The fraction of sp³-hybridized carbons (Fsp3) is 0.533. The molecule has 0 radical (unpaired) electrons. The first-order valence-electron chi connectivity index (χ1n) is 6.56. The predicted molar refractivity (Wildman–Crippen MR) is 79.8 cm³/mol. The molecule has 0 heterocycles. The van der Waals surface area contributed by atoms with Crippen LogP contribution in [0.25, 0.3) is 0 Å². The van der Waals surface area contributed by atoms with Gasteiger partial charge in [0.15, 0.2) is 0 Å². The Morgan fingerprint density at radius 2 is 2.37 bits per heavy atom. The molecule has 0 bridgehead atoms. The van der Waals surface area contributed by atoms with E-state index in [0.29, 0.717) is 16.5 Å². The first-order valence-corrected chi connectivity index (χ1v) is 7.74. The largest absolute Gasteiger partial charge is 0.387 e. The van der Waals surface area contributed by atoms with Gasteiger partial charge in [-0.3, -0.25) is 0 Å². The van der Waals surface area contributed by atoms with Gasteiger partial charge in [-0.15, -0.1) is 0 Å². The molecule has 4 heteroatoms. The molecule has 0 aliphatic heterocycles. The van der Waals surface area contributed by atoms with Crippen molar-refractivity contribution in [1.29, 1.82) is 5.26 Å². The summed E-state index contributed by atoms with van der Waals surface area (Å²) in [6, 6.07) is 7.77. The molecule has 1 aliphatic rings. The summed E-state index contributed by atoms with van der Waals surface area (Å²) in [4.78, 5) is 0. The number of hydrogen-bond donors (Lipinski definition) is 1. The molecule has 1 aromatic carbocycles. The van der Waals surface area contributed by atoms with E-state index in [1.807, 2.05) is 6.07 Å². The number of halogens is 2. The van der Waals surface area contributed by atoms with E-state index in [1.54, 1.807) is 12.1 Å². The van der Waals surface area contributed by atoms with Crippen molar-refractivity contribution in [3.8, 4) is 6.07 Å². The summed E-state index contributed by atoms with van der Waals surface area (Å²) in [5, 5.41) is 20.7. The Balaban J connectivity index is 2.32. The topological polar surface area (TPSA) is 44.0 Å². The molecule has 2 nitrogen and oxygen atoms in total. The van der Waals surface area contributed by atoms with Crippen LogP contribution in [0, 0.1) is 22.7 Å². The Kier molecular flexibility index (Phi) is 4.55. The Hall–Kier alpha value is -0.560. The lowest BCUT2D eigenvalue weighted by molar-refractivity contribution is 0.0641. The van der Waals surface area contributed by atoms with Crippen LogP contribution in [0.4, 0.5) is 0 Å². The molecule has 2 rings (SSSR count). The molecule has 1 aliphatic carbocycles. The van der Waals surface area contributed by atoms with Gasteiger partial charge in [-0.1, -0.05) is 46.9 Å². The van der Waals surface area contributed by atoms with E-state index in [-0.39, 0.29) is 0 Å².